The molecule has 0 aromatic rings. The highest BCUT2D eigenvalue weighted by Gasteiger charge is 2.54. The lowest BCUT2D eigenvalue weighted by molar-refractivity contribution is -0.197. The fourth-order valence-corrected chi connectivity index (χ4v) is 1.10. The van der Waals surface area contributed by atoms with E-state index < -0.39 is 56.0 Å². The first-order valence-corrected chi connectivity index (χ1v) is 5.96. The topological polar surface area (TPSA) is 78.9 Å². The van der Waals surface area contributed by atoms with E-state index in [4.69, 9.17) is 0 Å². The molecule has 0 fully saturated rings. The van der Waals surface area contributed by atoms with Crippen LogP contribution in [0.2, 0.25) is 0 Å². The van der Waals surface area contributed by atoms with Gasteiger partial charge in [0, 0.05) is 6.08 Å². The van der Waals surface area contributed by atoms with Crippen LogP contribution in [-0.2, 0) is 28.6 Å². The van der Waals surface area contributed by atoms with E-state index in [-0.39, 0.29) is 0 Å². The van der Waals surface area contributed by atoms with Crippen molar-refractivity contribution < 1.29 is 46.2 Å². The molecule has 126 valence electrons. The summed E-state index contributed by atoms with van der Waals surface area (Å²) < 4.78 is 65.1. The maximum atomic E-state index is 13.3. The van der Waals surface area contributed by atoms with Crippen molar-refractivity contribution in [3.63, 3.8) is 0 Å². The summed E-state index contributed by atoms with van der Waals surface area (Å²) in [4.78, 5) is 32.4. The van der Waals surface area contributed by atoms with Gasteiger partial charge in [0.15, 0.2) is 0 Å². The zero-order chi connectivity index (χ0) is 17.4. The Kier molecular flexibility index (Phi) is 7.54. The molecule has 0 spiro atoms. The van der Waals surface area contributed by atoms with Crippen molar-refractivity contribution in [3.05, 3.63) is 12.7 Å². The van der Waals surface area contributed by atoms with E-state index in [0.29, 0.717) is 0 Å². The molecule has 0 aromatic heterocycles. The highest BCUT2D eigenvalue weighted by atomic mass is 19.3. The van der Waals surface area contributed by atoms with Gasteiger partial charge in [0.25, 0.3) is 0 Å². The summed E-state index contributed by atoms with van der Waals surface area (Å²) in [5.41, 5.74) is 0. The van der Waals surface area contributed by atoms with Crippen molar-refractivity contribution in [2.75, 3.05) is 19.8 Å². The first-order valence-electron chi connectivity index (χ1n) is 5.96. The monoisotopic (exact) mass is 330 g/mol. The van der Waals surface area contributed by atoms with Crippen molar-refractivity contribution in [2.24, 2.45) is 0 Å². The molecule has 0 bridgehead atoms. The summed E-state index contributed by atoms with van der Waals surface area (Å²) in [6.07, 6.45) is -1.60. The molecular weight excluding hydrogens is 316 g/mol. The van der Waals surface area contributed by atoms with E-state index in [1.54, 1.807) is 0 Å². The van der Waals surface area contributed by atoms with Crippen LogP contribution < -0.4 is 0 Å². The van der Waals surface area contributed by atoms with Crippen LogP contribution in [0.5, 0.6) is 0 Å². The van der Waals surface area contributed by atoms with Gasteiger partial charge >= 0.3 is 29.8 Å². The third-order valence-electron chi connectivity index (χ3n) is 2.04. The Labute approximate surface area is 123 Å². The fraction of sp³-hybridized carbons (Fsp3) is 0.583. The lowest BCUT2D eigenvalue weighted by Crippen LogP contribution is -2.42. The molecule has 6 nitrogen and oxygen atoms in total. The second-order valence-corrected chi connectivity index (χ2v) is 3.81. The Morgan fingerprint density at radius 3 is 1.86 bits per heavy atom. The van der Waals surface area contributed by atoms with Gasteiger partial charge in [-0.15, -0.1) is 0 Å². The zero-order valence-corrected chi connectivity index (χ0v) is 11.6. The Hall–Kier alpha value is -2.13. The van der Waals surface area contributed by atoms with E-state index in [2.05, 4.69) is 20.8 Å². The number of hydrogen-bond donors (Lipinski definition) is 0. The Morgan fingerprint density at radius 2 is 1.41 bits per heavy atom. The van der Waals surface area contributed by atoms with Gasteiger partial charge in [0.2, 0.25) is 0 Å². The maximum Gasteiger partial charge on any atom is 0.377 e. The quantitative estimate of drug-likeness (QED) is 0.209. The third kappa shape index (κ3) is 6.55. The van der Waals surface area contributed by atoms with Gasteiger partial charge in [-0.3, -0.25) is 0 Å². The lowest BCUT2D eigenvalue weighted by Gasteiger charge is -2.20. The highest BCUT2D eigenvalue weighted by Crippen LogP contribution is 2.32. The van der Waals surface area contributed by atoms with Crippen LogP contribution >= 0.6 is 0 Å². The molecule has 0 aliphatic heterocycles. The van der Waals surface area contributed by atoms with Crippen molar-refractivity contribution in [1.29, 1.82) is 0 Å². The van der Waals surface area contributed by atoms with Crippen LogP contribution in [-0.4, -0.2) is 49.6 Å². The molecular formula is C12H14F4O6. The zero-order valence-electron chi connectivity index (χ0n) is 11.6. The second kappa shape index (κ2) is 8.35. The fourth-order valence-electron chi connectivity index (χ4n) is 1.10. The first kappa shape index (κ1) is 19.9. The SMILES string of the molecule is C=CC(=O)OCCOC(=O)C(F)(F)CC(F)(F)C(=O)OCC. The minimum atomic E-state index is -4.61. The number of carbonyl (C=O) groups is 3. The summed E-state index contributed by atoms with van der Waals surface area (Å²) in [7, 11) is 0. The smallest absolute Gasteiger partial charge is 0.377 e. The maximum absolute atomic E-state index is 13.3. The number of rotatable bonds is 9. The standard InChI is InChI=1S/C12H14F4O6/c1-3-8(17)21-5-6-22-10(19)12(15,16)7-11(13,14)9(18)20-4-2/h3H,1,4-7H2,2H3. The minimum absolute atomic E-state index is 0.431. The second-order valence-electron chi connectivity index (χ2n) is 3.81. The number of halogens is 4. The van der Waals surface area contributed by atoms with E-state index >= 15 is 0 Å². The molecule has 0 rings (SSSR count). The van der Waals surface area contributed by atoms with Gasteiger partial charge in [-0.25, -0.2) is 14.4 Å². The molecule has 0 amide bonds. The molecule has 0 saturated carbocycles. The number of esters is 3. The normalized spacial score (nSPS) is 11.5. The van der Waals surface area contributed by atoms with Gasteiger partial charge in [-0.1, -0.05) is 6.58 Å². The number of ether oxygens (including phenoxy) is 3. The average molecular weight is 330 g/mol. The Morgan fingerprint density at radius 1 is 0.955 bits per heavy atom. The lowest BCUT2D eigenvalue weighted by atomic mass is 10.1. The van der Waals surface area contributed by atoms with E-state index in [0.717, 1.165) is 6.08 Å². The summed E-state index contributed by atoms with van der Waals surface area (Å²) in [6, 6.07) is 0. The Balaban J connectivity index is 4.47. The first-order chi connectivity index (χ1) is 10.1. The highest BCUT2D eigenvalue weighted by molar-refractivity contribution is 5.82. The summed E-state index contributed by atoms with van der Waals surface area (Å²) in [5.74, 6) is -14.5. The number of hydrogen-bond acceptors (Lipinski definition) is 6. The van der Waals surface area contributed by atoms with Crippen LogP contribution in [0, 0.1) is 0 Å². The average Bonchev–Trinajstić information content (AvgIpc) is 2.42. The van der Waals surface area contributed by atoms with Gasteiger partial charge in [0.1, 0.15) is 13.2 Å². The van der Waals surface area contributed by atoms with E-state index in [1.807, 2.05) is 0 Å². The van der Waals surface area contributed by atoms with Gasteiger partial charge in [-0.2, -0.15) is 17.6 Å². The Bertz CT molecular complexity index is 435. The summed E-state index contributed by atoms with van der Waals surface area (Å²) in [6.45, 7) is 2.52. The van der Waals surface area contributed by atoms with Crippen molar-refractivity contribution in [3.8, 4) is 0 Å². The largest absolute Gasteiger partial charge is 0.462 e. The molecule has 0 heterocycles. The molecule has 10 heteroatoms. The molecule has 0 aliphatic carbocycles. The predicted molar refractivity (Wildman–Crippen MR) is 63.3 cm³/mol. The third-order valence-corrected chi connectivity index (χ3v) is 2.04. The molecule has 22 heavy (non-hydrogen) atoms. The van der Waals surface area contributed by atoms with Gasteiger partial charge < -0.3 is 14.2 Å². The van der Waals surface area contributed by atoms with Crippen LogP contribution in [0.3, 0.4) is 0 Å². The van der Waals surface area contributed by atoms with Gasteiger partial charge in [0.05, 0.1) is 13.0 Å². The van der Waals surface area contributed by atoms with E-state index in [9.17, 15) is 31.9 Å². The minimum Gasteiger partial charge on any atom is -0.462 e. The van der Waals surface area contributed by atoms with Crippen molar-refractivity contribution in [2.45, 2.75) is 25.2 Å². The van der Waals surface area contributed by atoms with Crippen LogP contribution in [0.4, 0.5) is 17.6 Å². The number of alkyl halides is 4. The number of carbonyl (C=O) groups excluding carboxylic acids is 3. The van der Waals surface area contributed by atoms with Crippen LogP contribution in [0.15, 0.2) is 12.7 Å². The van der Waals surface area contributed by atoms with Crippen LogP contribution in [0.1, 0.15) is 13.3 Å². The predicted octanol–water partition coefficient (Wildman–Crippen LogP) is 1.48. The van der Waals surface area contributed by atoms with Crippen LogP contribution in [0.25, 0.3) is 0 Å². The molecule has 0 radical (unpaired) electrons. The summed E-state index contributed by atoms with van der Waals surface area (Å²) >= 11 is 0. The summed E-state index contributed by atoms with van der Waals surface area (Å²) in [5, 5.41) is 0. The van der Waals surface area contributed by atoms with Crippen molar-refractivity contribution in [1.82, 2.24) is 0 Å². The molecule has 0 unspecified atom stereocenters. The van der Waals surface area contributed by atoms with Gasteiger partial charge in [-0.05, 0) is 6.92 Å². The molecule has 0 aromatic carbocycles. The molecule has 0 saturated heterocycles. The molecule has 0 N–H and O–H groups in total. The molecule has 0 atom stereocenters. The molecule has 0 aliphatic rings. The van der Waals surface area contributed by atoms with E-state index in [1.165, 1.54) is 6.92 Å². The van der Waals surface area contributed by atoms with Crippen molar-refractivity contribution >= 4 is 17.9 Å².